The van der Waals surface area contributed by atoms with Gasteiger partial charge in [0.15, 0.2) is 0 Å². The van der Waals surface area contributed by atoms with E-state index in [-0.39, 0.29) is 36.4 Å². The fraction of sp³-hybridized carbons (Fsp3) is 0.500. The van der Waals surface area contributed by atoms with E-state index < -0.39 is 0 Å². The molecule has 0 spiro atoms. The second-order valence-corrected chi connectivity index (χ2v) is 6.65. The Bertz CT molecular complexity index is 245. The average Bonchev–Trinajstić information content (AvgIpc) is 2.97. The number of unbranched alkanes of at least 4 members (excludes halogenated alkanes) is 2. The molecule has 106 valence electrons. The van der Waals surface area contributed by atoms with E-state index in [1.54, 1.807) is 15.4 Å². The third-order valence-electron chi connectivity index (χ3n) is 2.20. The maximum atomic E-state index is 9.64. The molecule has 0 bridgehead atoms. The zero-order valence-corrected chi connectivity index (χ0v) is 14.5. The summed E-state index contributed by atoms with van der Waals surface area (Å²) in [5.74, 6) is 0. The van der Waals surface area contributed by atoms with Crippen molar-refractivity contribution < 1.29 is 33.4 Å². The molecule has 0 aromatic heterocycles. The summed E-state index contributed by atoms with van der Waals surface area (Å²) in [7, 11) is 0. The van der Waals surface area contributed by atoms with Gasteiger partial charge >= 0.3 is 55.8 Å². The Kier molecular flexibility index (Phi) is 22.3. The van der Waals surface area contributed by atoms with Gasteiger partial charge in [-0.05, 0) is 12.8 Å². The van der Waals surface area contributed by atoms with Crippen LogP contribution in [-0.2, 0) is 23.2 Å². The molecule has 0 heterocycles. The molecule has 0 aromatic rings. The molecule has 0 fully saturated rings. The Morgan fingerprint density at radius 3 is 1.84 bits per heavy atom. The van der Waals surface area contributed by atoms with Crippen molar-refractivity contribution in [2.24, 2.45) is 0 Å². The van der Waals surface area contributed by atoms with Gasteiger partial charge in [0, 0.05) is 0 Å². The first-order valence-corrected chi connectivity index (χ1v) is 10.4. The van der Waals surface area contributed by atoms with Crippen LogP contribution in [0.15, 0.2) is 46.8 Å². The van der Waals surface area contributed by atoms with Crippen LogP contribution in [0.5, 0.6) is 0 Å². The van der Waals surface area contributed by atoms with Crippen molar-refractivity contribution in [1.29, 1.82) is 0 Å². The van der Waals surface area contributed by atoms with Crippen molar-refractivity contribution >= 4 is 0 Å². The van der Waals surface area contributed by atoms with E-state index in [1.165, 1.54) is 6.42 Å². The van der Waals surface area contributed by atoms with Crippen LogP contribution in [0.2, 0.25) is 4.63 Å². The van der Waals surface area contributed by atoms with Gasteiger partial charge in [-0.2, -0.15) is 0 Å². The molecule has 1 aliphatic carbocycles. The topological polar surface area (TPSA) is 46.1 Å². The van der Waals surface area contributed by atoms with E-state index in [0.717, 1.165) is 25.7 Å². The molecule has 0 amide bonds. The van der Waals surface area contributed by atoms with Gasteiger partial charge in [-0.1, -0.05) is 25.0 Å². The molecule has 0 saturated heterocycles. The quantitative estimate of drug-likeness (QED) is 0.528. The first-order valence-electron chi connectivity index (χ1n) is 6.68. The molecule has 0 unspecified atom stereocenters. The van der Waals surface area contributed by atoms with Gasteiger partial charge in [-0.15, -0.1) is 26.4 Å². The third-order valence-corrected chi connectivity index (χ3v) is 4.69. The van der Waals surface area contributed by atoms with Crippen LogP contribution in [0.3, 0.4) is 0 Å². The first-order chi connectivity index (χ1) is 9.26. The molecule has 2 nitrogen and oxygen atoms in total. The summed E-state index contributed by atoms with van der Waals surface area (Å²) in [4.78, 5) is 0. The van der Waals surface area contributed by atoms with E-state index in [0.29, 0.717) is 0 Å². The molecule has 19 heavy (non-hydrogen) atoms. The maximum absolute atomic E-state index is 9.64. The standard InChI is InChI=1S/2C5H9O.C5H5.CH3.Zr/c2*1-2-3-4-5-6;1-2-4-5-3-1;;/h2*2H,1,3-5H2;1-3H,4H2;1H3;/q2*-1;;;+2. The second kappa shape index (κ2) is 20.1. The van der Waals surface area contributed by atoms with Crippen LogP contribution in [0.4, 0.5) is 0 Å². The van der Waals surface area contributed by atoms with Gasteiger partial charge in [0.05, 0.1) is 0 Å². The first kappa shape index (κ1) is 21.1. The molecule has 3 heteroatoms. The summed E-state index contributed by atoms with van der Waals surface area (Å²) >= 11 is -0.0408. The van der Waals surface area contributed by atoms with Crippen LogP contribution < -0.4 is 10.2 Å². The van der Waals surface area contributed by atoms with Gasteiger partial charge in [0.1, 0.15) is 0 Å². The summed E-state index contributed by atoms with van der Waals surface area (Å²) < 4.78 is 4.09. The summed E-state index contributed by atoms with van der Waals surface area (Å²) in [6.45, 7) is 6.99. The van der Waals surface area contributed by atoms with Crippen molar-refractivity contribution in [2.45, 2.75) is 36.7 Å². The summed E-state index contributed by atoms with van der Waals surface area (Å²) in [6, 6.07) is 0. The van der Waals surface area contributed by atoms with Crippen LogP contribution in [0, 0.1) is 0 Å². The summed E-state index contributed by atoms with van der Waals surface area (Å²) in [5, 5.41) is 19.3. The van der Waals surface area contributed by atoms with Crippen molar-refractivity contribution in [1.82, 2.24) is 0 Å². The van der Waals surface area contributed by atoms with Crippen LogP contribution in [-0.4, -0.2) is 13.2 Å². The van der Waals surface area contributed by atoms with Gasteiger partial charge in [0.2, 0.25) is 0 Å². The summed E-state index contributed by atoms with van der Waals surface area (Å²) in [6.07, 6.45) is 14.7. The predicted octanol–water partition coefficient (Wildman–Crippen LogP) is 2.59. The molecule has 0 atom stereocenters. The fourth-order valence-electron chi connectivity index (χ4n) is 1.09. The van der Waals surface area contributed by atoms with Gasteiger partial charge in [-0.25, -0.2) is 0 Å². The number of allylic oxidation sites excluding steroid dienone is 6. The number of hydrogen-bond donors (Lipinski definition) is 0. The Balaban J connectivity index is 0. The second-order valence-electron chi connectivity index (χ2n) is 3.84. The fourth-order valence-corrected chi connectivity index (χ4v) is 2.53. The Morgan fingerprint density at radius 1 is 1.16 bits per heavy atom. The molecule has 0 radical (unpaired) electrons. The molecular formula is C16H26O2Zr. The molecule has 1 aliphatic rings. The van der Waals surface area contributed by atoms with Crippen molar-refractivity contribution in [2.75, 3.05) is 13.2 Å². The minimum absolute atomic E-state index is 0.0337. The average molecular weight is 342 g/mol. The molecule has 1 rings (SSSR count). The van der Waals surface area contributed by atoms with E-state index in [1.807, 2.05) is 0 Å². The minimum atomic E-state index is -0.0408. The molecule has 0 saturated carbocycles. The van der Waals surface area contributed by atoms with E-state index in [4.69, 9.17) is 0 Å². The van der Waals surface area contributed by atoms with Crippen molar-refractivity contribution in [3.8, 4) is 0 Å². The molecule has 0 aliphatic heterocycles. The number of rotatable bonds is 7. The third kappa shape index (κ3) is 20.3. The van der Waals surface area contributed by atoms with E-state index in [2.05, 4.69) is 36.0 Å². The molecular weight excluding hydrogens is 315 g/mol. The van der Waals surface area contributed by atoms with Gasteiger partial charge in [-0.3, -0.25) is 0 Å². The summed E-state index contributed by atoms with van der Waals surface area (Å²) in [5.41, 5.74) is 0. The van der Waals surface area contributed by atoms with Crippen LogP contribution in [0.25, 0.3) is 0 Å². The zero-order valence-electron chi connectivity index (χ0n) is 12.1. The Morgan fingerprint density at radius 2 is 1.68 bits per heavy atom. The zero-order chi connectivity index (χ0) is 14.8. The van der Waals surface area contributed by atoms with Crippen molar-refractivity contribution in [3.05, 3.63) is 46.8 Å². The monoisotopic (exact) mass is 340 g/mol. The van der Waals surface area contributed by atoms with E-state index in [9.17, 15) is 10.2 Å². The Hall–Kier alpha value is -0.237. The van der Waals surface area contributed by atoms with Gasteiger partial charge < -0.3 is 10.2 Å². The van der Waals surface area contributed by atoms with Gasteiger partial charge in [0.25, 0.3) is 0 Å². The predicted molar refractivity (Wildman–Crippen MR) is 76.3 cm³/mol. The van der Waals surface area contributed by atoms with E-state index >= 15 is 0 Å². The van der Waals surface area contributed by atoms with Crippen molar-refractivity contribution in [3.63, 3.8) is 0 Å². The van der Waals surface area contributed by atoms with Crippen LogP contribution >= 0.6 is 0 Å². The SMILES string of the molecule is C=CCCC[O-].C=CCCC[O-].[CH3][Zr+2][C]1=CC=CC1. The Labute approximate surface area is 130 Å². The number of hydrogen-bond acceptors (Lipinski definition) is 2. The molecule has 0 N–H and O–H groups in total. The van der Waals surface area contributed by atoms with Crippen LogP contribution in [0.1, 0.15) is 32.1 Å². The molecule has 0 aromatic carbocycles. The normalized spacial score (nSPS) is 11.2.